The van der Waals surface area contributed by atoms with Gasteiger partial charge >= 0.3 is 14.1 Å². The molecular weight excluding hydrogens is 363 g/mol. The van der Waals surface area contributed by atoms with E-state index in [1.807, 2.05) is 8.87 Å². The van der Waals surface area contributed by atoms with Crippen LogP contribution in [0.5, 0.6) is 0 Å². The topological polar surface area (TPSA) is 0 Å². The van der Waals surface area contributed by atoms with E-state index in [-0.39, 0.29) is 0 Å². The lowest BCUT2D eigenvalue weighted by Gasteiger charge is -2.24. The van der Waals surface area contributed by atoms with E-state index in [0.29, 0.717) is 0 Å². The van der Waals surface area contributed by atoms with Crippen LogP contribution in [0.1, 0.15) is 135 Å². The highest BCUT2D eigenvalue weighted by molar-refractivity contribution is 6.75. The maximum atomic E-state index is 2.82. The van der Waals surface area contributed by atoms with Crippen molar-refractivity contribution in [3.05, 3.63) is 21.0 Å². The minimum atomic E-state index is -0.859. The van der Waals surface area contributed by atoms with Crippen molar-refractivity contribution in [2.75, 3.05) is 0 Å². The zero-order chi connectivity index (χ0) is 20.2. The van der Waals surface area contributed by atoms with E-state index < -0.39 is 14.1 Å². The second-order valence-electron chi connectivity index (χ2n) is 10.4. The van der Waals surface area contributed by atoms with Gasteiger partial charge in [-0.2, -0.15) is 0 Å². The summed E-state index contributed by atoms with van der Waals surface area (Å²) >= 11 is -0.859. The lowest BCUT2D eigenvalue weighted by atomic mass is 9.83. The molecule has 1 aliphatic heterocycles. The molecule has 3 aliphatic rings. The first-order valence-corrected chi connectivity index (χ1v) is 15.8. The molecule has 2 aliphatic carbocycles. The van der Waals surface area contributed by atoms with Gasteiger partial charge in [-0.15, -0.1) is 21.0 Å². The van der Waals surface area contributed by atoms with Gasteiger partial charge in [0.15, 0.2) is 0 Å². The van der Waals surface area contributed by atoms with Crippen molar-refractivity contribution in [3.63, 3.8) is 0 Å². The monoisotopic (exact) mass is 412 g/mol. The van der Waals surface area contributed by atoms with Crippen molar-refractivity contribution in [1.29, 1.82) is 0 Å². The van der Waals surface area contributed by atoms with Crippen molar-refractivity contribution < 1.29 is 0 Å². The summed E-state index contributed by atoms with van der Waals surface area (Å²) in [5.41, 5.74) is 0. The van der Waals surface area contributed by atoms with Gasteiger partial charge in [0.1, 0.15) is 0 Å². The molecule has 0 N–H and O–H groups in total. The van der Waals surface area contributed by atoms with Crippen LogP contribution < -0.4 is 0 Å². The highest BCUT2D eigenvalue weighted by atomic mass is 27.2. The molecule has 1 heteroatoms. The van der Waals surface area contributed by atoms with E-state index in [1.165, 1.54) is 134 Å². The SMILES string of the molecule is C[CH2][Al]1/[C]2=C/CCCCCCCCCCC2C2CCCCCCCCCC/C=[C]\21. The fourth-order valence-electron chi connectivity index (χ4n) is 6.64. The highest BCUT2D eigenvalue weighted by Gasteiger charge is 2.43. The summed E-state index contributed by atoms with van der Waals surface area (Å²) < 4.78 is 4.07. The van der Waals surface area contributed by atoms with Gasteiger partial charge in [-0.25, -0.2) is 0 Å². The Hall–Kier alpha value is 0.0125. The van der Waals surface area contributed by atoms with E-state index >= 15 is 0 Å². The molecule has 0 spiro atoms. The van der Waals surface area contributed by atoms with Crippen molar-refractivity contribution in [3.8, 4) is 0 Å². The summed E-state index contributed by atoms with van der Waals surface area (Å²) in [7, 11) is 0. The zero-order valence-electron chi connectivity index (χ0n) is 19.7. The molecule has 164 valence electrons. The Balaban J connectivity index is 1.80. The van der Waals surface area contributed by atoms with Gasteiger partial charge in [0.25, 0.3) is 0 Å². The zero-order valence-corrected chi connectivity index (χ0v) is 20.9. The van der Waals surface area contributed by atoms with Crippen LogP contribution in [0, 0.1) is 11.8 Å². The number of hydrogen-bond acceptors (Lipinski definition) is 0. The molecule has 0 bridgehead atoms. The molecule has 0 nitrogen and oxygen atoms in total. The van der Waals surface area contributed by atoms with Gasteiger partial charge in [-0.3, -0.25) is 0 Å². The molecule has 0 aromatic rings. The largest absolute Gasteiger partial charge is 0.334 e. The second-order valence-corrected chi connectivity index (χ2v) is 13.6. The van der Waals surface area contributed by atoms with Crippen LogP contribution in [0.2, 0.25) is 5.28 Å². The first-order chi connectivity index (χ1) is 14.4. The number of rotatable bonds is 1. The van der Waals surface area contributed by atoms with E-state index in [2.05, 4.69) is 19.1 Å². The van der Waals surface area contributed by atoms with Gasteiger partial charge in [0, 0.05) is 0 Å². The number of hydrogen-bond donors (Lipinski definition) is 0. The number of allylic oxidation sites excluding steroid dienone is 4. The van der Waals surface area contributed by atoms with Crippen molar-refractivity contribution in [1.82, 2.24) is 0 Å². The first-order valence-electron chi connectivity index (χ1n) is 13.8. The van der Waals surface area contributed by atoms with Gasteiger partial charge in [0.05, 0.1) is 0 Å². The summed E-state index contributed by atoms with van der Waals surface area (Å²) in [5, 5.41) is 1.48. The Bertz CT molecular complexity index is 458. The van der Waals surface area contributed by atoms with E-state index in [9.17, 15) is 0 Å². The summed E-state index contributed by atoms with van der Waals surface area (Å²) in [6.45, 7) is 2.53. The molecule has 2 unspecified atom stereocenters. The third kappa shape index (κ3) is 7.58. The third-order valence-electron chi connectivity index (χ3n) is 8.25. The summed E-state index contributed by atoms with van der Waals surface area (Å²) in [5.74, 6) is 1.90. The van der Waals surface area contributed by atoms with Crippen molar-refractivity contribution in [2.24, 2.45) is 11.8 Å². The Morgan fingerprint density at radius 1 is 0.552 bits per heavy atom. The molecular formula is C28H49Al. The van der Waals surface area contributed by atoms with E-state index in [1.54, 1.807) is 0 Å². The van der Waals surface area contributed by atoms with Crippen LogP contribution in [-0.4, -0.2) is 14.1 Å². The van der Waals surface area contributed by atoms with Crippen molar-refractivity contribution in [2.45, 2.75) is 141 Å². The minimum absolute atomic E-state index is 0.859. The molecule has 2 atom stereocenters. The maximum absolute atomic E-state index is 2.82. The second kappa shape index (κ2) is 14.1. The minimum Gasteiger partial charge on any atom is -0.126 e. The van der Waals surface area contributed by atoms with Crippen LogP contribution in [0.3, 0.4) is 0 Å². The standard InChI is InChI=1S/C26H44.C2H5.Al/c1-2-6-10-14-18-22-25(21-17-13-9-5-1)26-23-19-15-11-7-3-4-8-12-16-20-24-26;1-2;/h17,19,25-26H,1-16,18,20,22,24H2;1H2,2H3;. The van der Waals surface area contributed by atoms with Crippen LogP contribution >= 0.6 is 0 Å². The summed E-state index contributed by atoms with van der Waals surface area (Å²) in [4.78, 5) is 0. The fourth-order valence-corrected chi connectivity index (χ4v) is 10.7. The lowest BCUT2D eigenvalue weighted by molar-refractivity contribution is 0.386. The lowest BCUT2D eigenvalue weighted by Crippen LogP contribution is -2.14. The molecule has 1 fully saturated rings. The maximum Gasteiger partial charge on any atom is 0.334 e. The van der Waals surface area contributed by atoms with Gasteiger partial charge in [-0.05, 0) is 50.4 Å². The van der Waals surface area contributed by atoms with Crippen LogP contribution in [0.25, 0.3) is 0 Å². The Morgan fingerprint density at radius 2 is 0.897 bits per heavy atom. The average molecular weight is 413 g/mol. The number of fused-ring (bicyclic) bond motifs is 3. The molecule has 0 saturated carbocycles. The van der Waals surface area contributed by atoms with Crippen LogP contribution in [0.4, 0.5) is 0 Å². The highest BCUT2D eigenvalue weighted by Crippen LogP contribution is 2.47. The fraction of sp³-hybridized carbons (Fsp3) is 0.857. The molecule has 0 radical (unpaired) electrons. The van der Waals surface area contributed by atoms with E-state index in [0.717, 1.165) is 11.8 Å². The van der Waals surface area contributed by atoms with Gasteiger partial charge in [0.2, 0.25) is 0 Å². The normalized spacial score (nSPS) is 32.9. The molecule has 0 amide bonds. The molecule has 0 aromatic heterocycles. The molecule has 1 heterocycles. The Kier molecular flexibility index (Phi) is 11.5. The Labute approximate surface area is 187 Å². The van der Waals surface area contributed by atoms with Crippen LogP contribution in [0.15, 0.2) is 21.0 Å². The molecule has 29 heavy (non-hydrogen) atoms. The van der Waals surface area contributed by atoms with E-state index in [4.69, 9.17) is 0 Å². The summed E-state index contributed by atoms with van der Waals surface area (Å²) in [6, 6.07) is 0. The quantitative estimate of drug-likeness (QED) is 0.376. The van der Waals surface area contributed by atoms with Gasteiger partial charge < -0.3 is 0 Å². The molecule has 0 aromatic carbocycles. The molecule has 3 rings (SSSR count). The average Bonchev–Trinajstić information content (AvgIpc) is 3.02. The van der Waals surface area contributed by atoms with Gasteiger partial charge in [-0.1, -0.05) is 102 Å². The predicted octanol–water partition coefficient (Wildman–Crippen LogP) is 9.51. The van der Waals surface area contributed by atoms with Crippen LogP contribution in [-0.2, 0) is 0 Å². The third-order valence-corrected chi connectivity index (χ3v) is 12.0. The summed E-state index contributed by atoms with van der Waals surface area (Å²) in [6.07, 6.45) is 35.2. The predicted molar refractivity (Wildman–Crippen MR) is 132 cm³/mol. The smallest absolute Gasteiger partial charge is 0.126 e. The molecule has 1 saturated heterocycles. The Morgan fingerprint density at radius 3 is 1.28 bits per heavy atom. The first kappa shape index (κ1) is 23.7. The van der Waals surface area contributed by atoms with Crippen molar-refractivity contribution >= 4 is 14.1 Å².